The minimum atomic E-state index is -1.65. The van der Waals surface area contributed by atoms with E-state index in [0.717, 1.165) is 0 Å². The maximum Gasteiger partial charge on any atom is 0.492 e. The first-order chi connectivity index (χ1) is 5.13. The Morgan fingerprint density at radius 2 is 2.36 bits per heavy atom. The first kappa shape index (κ1) is 7.97. The molecule has 0 atom stereocenters. The molecule has 0 aliphatic rings. The van der Waals surface area contributed by atoms with Crippen LogP contribution in [0.15, 0.2) is 6.20 Å². The van der Waals surface area contributed by atoms with Gasteiger partial charge in [0, 0.05) is 18.6 Å². The minimum Gasteiger partial charge on any atom is -0.423 e. The van der Waals surface area contributed by atoms with Crippen LogP contribution in [0.2, 0.25) is 0 Å². The number of aromatic nitrogens is 2. The molecule has 0 saturated carbocycles. The number of carbonyl (C=O) groups is 1. The number of aromatic amines is 1. The summed E-state index contributed by atoms with van der Waals surface area (Å²) in [7, 11) is -1.65. The summed E-state index contributed by atoms with van der Waals surface area (Å²) in [6.07, 6.45) is 1.21. The molecule has 1 rings (SSSR count). The van der Waals surface area contributed by atoms with E-state index in [9.17, 15) is 4.79 Å². The van der Waals surface area contributed by atoms with Gasteiger partial charge in [-0.1, -0.05) is 0 Å². The molecule has 1 aromatic heterocycles. The van der Waals surface area contributed by atoms with Crippen molar-refractivity contribution in [1.29, 1.82) is 0 Å². The second kappa shape index (κ2) is 2.85. The number of ketones is 1. The van der Waals surface area contributed by atoms with Crippen molar-refractivity contribution in [2.75, 3.05) is 0 Å². The molecule has 0 aliphatic carbocycles. The summed E-state index contributed by atoms with van der Waals surface area (Å²) in [5.74, 6) is -0.273. The molecule has 0 aliphatic heterocycles. The Labute approximate surface area is 63.2 Å². The average molecular weight is 154 g/mol. The number of hydrogen-bond acceptors (Lipinski definition) is 4. The van der Waals surface area contributed by atoms with Crippen LogP contribution in [0.4, 0.5) is 0 Å². The molecule has 3 N–H and O–H groups in total. The Kier molecular flexibility index (Phi) is 2.07. The van der Waals surface area contributed by atoms with Crippen LogP contribution in [0, 0.1) is 0 Å². The molecule has 0 bridgehead atoms. The highest BCUT2D eigenvalue weighted by molar-refractivity contribution is 6.60. The van der Waals surface area contributed by atoms with Gasteiger partial charge in [0.25, 0.3) is 0 Å². The minimum absolute atomic E-state index is 0.109. The molecular weight excluding hydrogens is 147 g/mol. The second-order valence-corrected chi connectivity index (χ2v) is 2.13. The topological polar surface area (TPSA) is 86.2 Å². The van der Waals surface area contributed by atoms with Crippen molar-refractivity contribution < 1.29 is 14.8 Å². The standard InChI is InChI=1S/C5H7BN2O3/c1-3(9)5-4(6(10)11)2-7-8-5/h2,10-11H,1H3,(H,7,8). The number of nitrogens with zero attached hydrogens (tertiary/aromatic N) is 1. The van der Waals surface area contributed by atoms with Crippen LogP contribution in [0.3, 0.4) is 0 Å². The molecule has 0 radical (unpaired) electrons. The van der Waals surface area contributed by atoms with Gasteiger partial charge in [0.15, 0.2) is 5.78 Å². The van der Waals surface area contributed by atoms with E-state index in [4.69, 9.17) is 10.0 Å². The molecule has 5 nitrogen and oxygen atoms in total. The van der Waals surface area contributed by atoms with Gasteiger partial charge in [0.05, 0.1) is 0 Å². The fraction of sp³-hybridized carbons (Fsp3) is 0.200. The third-order valence-corrected chi connectivity index (χ3v) is 1.30. The third kappa shape index (κ3) is 1.47. The Balaban J connectivity index is 3.06. The molecule has 0 unspecified atom stereocenters. The molecule has 0 saturated heterocycles. The average Bonchev–Trinajstić information content (AvgIpc) is 2.32. The zero-order valence-electron chi connectivity index (χ0n) is 5.90. The van der Waals surface area contributed by atoms with Crippen LogP contribution in [0.1, 0.15) is 17.4 Å². The lowest BCUT2D eigenvalue weighted by atomic mass is 9.80. The molecule has 58 valence electrons. The molecule has 11 heavy (non-hydrogen) atoms. The molecule has 1 aromatic rings. The number of hydrogen-bond donors (Lipinski definition) is 3. The molecule has 6 heteroatoms. The lowest BCUT2D eigenvalue weighted by Gasteiger charge is -1.95. The summed E-state index contributed by atoms with van der Waals surface area (Å²) < 4.78 is 0. The van der Waals surface area contributed by atoms with E-state index < -0.39 is 7.12 Å². The van der Waals surface area contributed by atoms with Crippen LogP contribution in [-0.4, -0.2) is 33.1 Å². The summed E-state index contributed by atoms with van der Waals surface area (Å²) in [6, 6.07) is 0. The van der Waals surface area contributed by atoms with E-state index in [1.165, 1.54) is 13.1 Å². The SMILES string of the molecule is CC(=O)c1[nH]ncc1B(O)O. The largest absolute Gasteiger partial charge is 0.492 e. The van der Waals surface area contributed by atoms with Gasteiger partial charge in [-0.25, -0.2) is 0 Å². The van der Waals surface area contributed by atoms with E-state index in [1.54, 1.807) is 0 Å². The van der Waals surface area contributed by atoms with E-state index >= 15 is 0 Å². The number of carbonyl (C=O) groups excluding carboxylic acids is 1. The molecule has 0 amide bonds. The Hall–Kier alpha value is -1.14. The molecule has 1 heterocycles. The third-order valence-electron chi connectivity index (χ3n) is 1.30. The normalized spacial score (nSPS) is 9.73. The van der Waals surface area contributed by atoms with Crippen LogP contribution in [-0.2, 0) is 0 Å². The quantitative estimate of drug-likeness (QED) is 0.349. The monoisotopic (exact) mass is 154 g/mol. The number of H-pyrrole nitrogens is 1. The van der Waals surface area contributed by atoms with Gasteiger partial charge in [0.2, 0.25) is 0 Å². The van der Waals surface area contributed by atoms with Crippen molar-refractivity contribution in [3.05, 3.63) is 11.9 Å². The van der Waals surface area contributed by atoms with Crippen molar-refractivity contribution >= 4 is 18.4 Å². The molecule has 0 aromatic carbocycles. The Bertz CT molecular complexity index is 270. The first-order valence-corrected chi connectivity index (χ1v) is 3.03. The predicted molar refractivity (Wildman–Crippen MR) is 38.4 cm³/mol. The summed E-state index contributed by atoms with van der Waals surface area (Å²) in [4.78, 5) is 10.7. The van der Waals surface area contributed by atoms with E-state index in [2.05, 4.69) is 10.2 Å². The summed E-state index contributed by atoms with van der Waals surface area (Å²) >= 11 is 0. The zero-order chi connectivity index (χ0) is 8.43. The van der Waals surface area contributed by atoms with Crippen molar-refractivity contribution in [2.24, 2.45) is 0 Å². The summed E-state index contributed by atoms with van der Waals surface area (Å²) in [6.45, 7) is 1.32. The van der Waals surface area contributed by atoms with Crippen LogP contribution < -0.4 is 5.46 Å². The zero-order valence-corrected chi connectivity index (χ0v) is 5.90. The van der Waals surface area contributed by atoms with Gasteiger partial charge >= 0.3 is 7.12 Å². The number of rotatable bonds is 2. The number of Topliss-reactive ketones (excluding diaryl/α,β-unsaturated/α-hetero) is 1. The van der Waals surface area contributed by atoms with E-state index in [-0.39, 0.29) is 16.9 Å². The van der Waals surface area contributed by atoms with E-state index in [1.807, 2.05) is 0 Å². The Morgan fingerprint density at radius 1 is 1.73 bits per heavy atom. The van der Waals surface area contributed by atoms with Gasteiger partial charge in [0.1, 0.15) is 5.69 Å². The van der Waals surface area contributed by atoms with Crippen LogP contribution in [0.5, 0.6) is 0 Å². The fourth-order valence-electron chi connectivity index (χ4n) is 0.773. The maximum absolute atomic E-state index is 10.7. The fourth-order valence-corrected chi connectivity index (χ4v) is 0.773. The van der Waals surface area contributed by atoms with Crippen molar-refractivity contribution in [3.63, 3.8) is 0 Å². The van der Waals surface area contributed by atoms with Gasteiger partial charge in [-0.05, 0) is 0 Å². The smallest absolute Gasteiger partial charge is 0.423 e. The van der Waals surface area contributed by atoms with Gasteiger partial charge in [-0.2, -0.15) is 5.10 Å². The highest BCUT2D eigenvalue weighted by atomic mass is 16.4. The van der Waals surface area contributed by atoms with Crippen molar-refractivity contribution in [2.45, 2.75) is 6.92 Å². The lowest BCUT2D eigenvalue weighted by Crippen LogP contribution is -2.32. The molecular formula is C5H7BN2O3. The van der Waals surface area contributed by atoms with Crippen LogP contribution in [0.25, 0.3) is 0 Å². The summed E-state index contributed by atoms with van der Waals surface area (Å²) in [5, 5.41) is 23.2. The van der Waals surface area contributed by atoms with Gasteiger partial charge in [-0.3, -0.25) is 9.89 Å². The molecule has 0 spiro atoms. The lowest BCUT2D eigenvalue weighted by molar-refractivity contribution is 0.101. The molecule has 0 fully saturated rings. The first-order valence-electron chi connectivity index (χ1n) is 3.03. The van der Waals surface area contributed by atoms with Crippen molar-refractivity contribution in [3.8, 4) is 0 Å². The Morgan fingerprint density at radius 3 is 2.73 bits per heavy atom. The summed E-state index contributed by atoms with van der Waals surface area (Å²) in [5.41, 5.74) is 0.248. The van der Waals surface area contributed by atoms with E-state index in [0.29, 0.717) is 0 Å². The van der Waals surface area contributed by atoms with Gasteiger partial charge in [-0.15, -0.1) is 0 Å². The highest BCUT2D eigenvalue weighted by Crippen LogP contribution is 1.90. The van der Waals surface area contributed by atoms with Crippen molar-refractivity contribution in [1.82, 2.24) is 10.2 Å². The second-order valence-electron chi connectivity index (χ2n) is 2.13. The number of nitrogens with one attached hydrogen (secondary N) is 1. The van der Waals surface area contributed by atoms with Gasteiger partial charge < -0.3 is 10.0 Å². The predicted octanol–water partition coefficient (Wildman–Crippen LogP) is -1.71. The van der Waals surface area contributed by atoms with Crippen LogP contribution >= 0.6 is 0 Å². The maximum atomic E-state index is 10.7. The highest BCUT2D eigenvalue weighted by Gasteiger charge is 2.19.